The molecule has 1 fully saturated rings. The molecule has 110 valence electrons. The molecule has 1 aliphatic rings. The molecule has 1 saturated heterocycles. The van der Waals surface area contributed by atoms with Gasteiger partial charge in [0.2, 0.25) is 0 Å². The summed E-state index contributed by atoms with van der Waals surface area (Å²) in [5, 5.41) is 2.02. The average molecular weight is 285 g/mol. The summed E-state index contributed by atoms with van der Waals surface area (Å²) in [7, 11) is 3.23. The minimum Gasteiger partial charge on any atom is -0.493 e. The van der Waals surface area contributed by atoms with Crippen molar-refractivity contribution < 1.29 is 14.3 Å². The third kappa shape index (κ3) is 2.53. The Bertz CT molecular complexity index is 675. The molecule has 1 aliphatic heterocycles. The van der Waals surface area contributed by atoms with Crippen LogP contribution in [0.3, 0.4) is 0 Å². The highest BCUT2D eigenvalue weighted by atomic mass is 16.5. The van der Waals surface area contributed by atoms with Crippen LogP contribution in [0.15, 0.2) is 30.3 Å². The minimum atomic E-state index is 0.115. The monoisotopic (exact) mass is 285 g/mol. The first-order valence-electron chi connectivity index (χ1n) is 7.18. The lowest BCUT2D eigenvalue weighted by molar-refractivity contribution is 0.0793. The van der Waals surface area contributed by atoms with Gasteiger partial charge in [-0.3, -0.25) is 4.79 Å². The molecule has 0 N–H and O–H groups in total. The van der Waals surface area contributed by atoms with Gasteiger partial charge >= 0.3 is 0 Å². The van der Waals surface area contributed by atoms with Crippen LogP contribution in [0.4, 0.5) is 0 Å². The largest absolute Gasteiger partial charge is 0.493 e. The predicted molar refractivity (Wildman–Crippen MR) is 82.2 cm³/mol. The number of carbonyl (C=O) groups excluding carboxylic acids is 1. The van der Waals surface area contributed by atoms with E-state index < -0.39 is 0 Å². The van der Waals surface area contributed by atoms with E-state index in [1.54, 1.807) is 14.2 Å². The van der Waals surface area contributed by atoms with Gasteiger partial charge in [0.1, 0.15) is 0 Å². The van der Waals surface area contributed by atoms with Gasteiger partial charge in [0.15, 0.2) is 11.5 Å². The highest BCUT2D eigenvalue weighted by Crippen LogP contribution is 2.32. The molecule has 1 heterocycles. The number of amides is 1. The fraction of sp³-hybridized carbons (Fsp3) is 0.353. The SMILES string of the molecule is COc1cc2ccc(C(=O)N3CCCC3)cc2cc1OC. The number of likely N-dealkylation sites (tertiary alicyclic amines) is 1. The zero-order chi connectivity index (χ0) is 14.8. The van der Waals surface area contributed by atoms with E-state index in [1.807, 2.05) is 35.2 Å². The molecule has 4 nitrogen and oxygen atoms in total. The second-order valence-electron chi connectivity index (χ2n) is 5.27. The quantitative estimate of drug-likeness (QED) is 0.870. The first-order valence-corrected chi connectivity index (χ1v) is 7.18. The van der Waals surface area contributed by atoms with Crippen LogP contribution in [0, 0.1) is 0 Å². The normalized spacial score (nSPS) is 14.5. The lowest BCUT2D eigenvalue weighted by Crippen LogP contribution is -2.27. The van der Waals surface area contributed by atoms with E-state index in [0.29, 0.717) is 11.5 Å². The van der Waals surface area contributed by atoms with Crippen molar-refractivity contribution in [3.63, 3.8) is 0 Å². The van der Waals surface area contributed by atoms with Crippen molar-refractivity contribution in [3.05, 3.63) is 35.9 Å². The fourth-order valence-electron chi connectivity index (χ4n) is 2.81. The summed E-state index contributed by atoms with van der Waals surface area (Å²) in [4.78, 5) is 14.4. The number of ether oxygens (including phenoxy) is 2. The molecule has 0 saturated carbocycles. The van der Waals surface area contributed by atoms with Gasteiger partial charge in [0.05, 0.1) is 14.2 Å². The molecule has 4 heteroatoms. The maximum atomic E-state index is 12.4. The molecule has 0 unspecified atom stereocenters. The number of benzene rings is 2. The van der Waals surface area contributed by atoms with Crippen LogP contribution in [0.2, 0.25) is 0 Å². The minimum absolute atomic E-state index is 0.115. The molecule has 0 bridgehead atoms. The molecule has 1 amide bonds. The number of carbonyl (C=O) groups is 1. The third-order valence-electron chi connectivity index (χ3n) is 3.98. The van der Waals surface area contributed by atoms with Crippen molar-refractivity contribution in [2.24, 2.45) is 0 Å². The Morgan fingerprint density at radius 1 is 0.952 bits per heavy atom. The molecule has 2 aromatic rings. The molecule has 0 aliphatic carbocycles. The summed E-state index contributed by atoms with van der Waals surface area (Å²) in [5.41, 5.74) is 0.733. The second kappa shape index (κ2) is 5.64. The van der Waals surface area contributed by atoms with Crippen LogP contribution in [-0.2, 0) is 0 Å². The Kier molecular flexibility index (Phi) is 3.69. The van der Waals surface area contributed by atoms with Crippen LogP contribution in [0.5, 0.6) is 11.5 Å². The van der Waals surface area contributed by atoms with Gasteiger partial charge in [-0.15, -0.1) is 0 Å². The van der Waals surface area contributed by atoms with Crippen molar-refractivity contribution in [1.82, 2.24) is 4.90 Å². The number of methoxy groups -OCH3 is 2. The van der Waals surface area contributed by atoms with E-state index in [9.17, 15) is 4.79 Å². The van der Waals surface area contributed by atoms with Gasteiger partial charge in [0, 0.05) is 18.7 Å². The first kappa shape index (κ1) is 13.7. The topological polar surface area (TPSA) is 38.8 Å². The van der Waals surface area contributed by atoms with Crippen molar-refractivity contribution in [2.75, 3.05) is 27.3 Å². The zero-order valence-electron chi connectivity index (χ0n) is 12.4. The molecule has 21 heavy (non-hydrogen) atoms. The van der Waals surface area contributed by atoms with Gasteiger partial charge in [0.25, 0.3) is 5.91 Å². The number of hydrogen-bond donors (Lipinski definition) is 0. The van der Waals surface area contributed by atoms with E-state index in [1.165, 1.54) is 0 Å². The van der Waals surface area contributed by atoms with E-state index in [-0.39, 0.29) is 5.91 Å². The van der Waals surface area contributed by atoms with E-state index in [2.05, 4.69) is 0 Å². The summed E-state index contributed by atoms with van der Waals surface area (Å²) < 4.78 is 10.6. The number of nitrogens with zero attached hydrogens (tertiary/aromatic N) is 1. The summed E-state index contributed by atoms with van der Waals surface area (Å²) in [6, 6.07) is 9.61. The molecular formula is C17H19NO3. The van der Waals surface area contributed by atoms with Crippen molar-refractivity contribution in [1.29, 1.82) is 0 Å². The lowest BCUT2D eigenvalue weighted by atomic mass is 10.1. The maximum absolute atomic E-state index is 12.4. The highest BCUT2D eigenvalue weighted by Gasteiger charge is 2.19. The first-order chi connectivity index (χ1) is 10.2. The van der Waals surface area contributed by atoms with Crippen LogP contribution >= 0.6 is 0 Å². The lowest BCUT2D eigenvalue weighted by Gasteiger charge is -2.16. The summed E-state index contributed by atoms with van der Waals surface area (Å²) in [5.74, 6) is 1.49. The number of hydrogen-bond acceptors (Lipinski definition) is 3. The molecule has 0 atom stereocenters. The van der Waals surface area contributed by atoms with Gasteiger partial charge in [-0.25, -0.2) is 0 Å². The van der Waals surface area contributed by atoms with Gasteiger partial charge in [-0.05, 0) is 47.9 Å². The molecular weight excluding hydrogens is 266 g/mol. The number of fused-ring (bicyclic) bond motifs is 1. The van der Waals surface area contributed by atoms with Crippen molar-refractivity contribution in [2.45, 2.75) is 12.8 Å². The predicted octanol–water partition coefficient (Wildman–Crippen LogP) is 3.09. The van der Waals surface area contributed by atoms with E-state index in [0.717, 1.165) is 42.3 Å². The maximum Gasteiger partial charge on any atom is 0.253 e. The zero-order valence-corrected chi connectivity index (χ0v) is 12.4. The highest BCUT2D eigenvalue weighted by molar-refractivity contribution is 5.99. The fourth-order valence-corrected chi connectivity index (χ4v) is 2.81. The Balaban J connectivity index is 2.00. The summed E-state index contributed by atoms with van der Waals surface area (Å²) in [6.07, 6.45) is 2.20. The Labute approximate surface area is 124 Å². The summed E-state index contributed by atoms with van der Waals surface area (Å²) in [6.45, 7) is 1.73. The van der Waals surface area contributed by atoms with Crippen LogP contribution in [0.25, 0.3) is 10.8 Å². The molecule has 3 rings (SSSR count). The van der Waals surface area contributed by atoms with E-state index >= 15 is 0 Å². The molecule has 0 radical (unpaired) electrons. The Hall–Kier alpha value is -2.23. The third-order valence-corrected chi connectivity index (χ3v) is 3.98. The molecule has 2 aromatic carbocycles. The van der Waals surface area contributed by atoms with Crippen LogP contribution < -0.4 is 9.47 Å². The second-order valence-corrected chi connectivity index (χ2v) is 5.27. The molecule has 0 aromatic heterocycles. The average Bonchev–Trinajstić information content (AvgIpc) is 3.06. The Morgan fingerprint density at radius 3 is 2.19 bits per heavy atom. The van der Waals surface area contributed by atoms with Gasteiger partial charge in [-0.1, -0.05) is 6.07 Å². The number of rotatable bonds is 3. The van der Waals surface area contributed by atoms with Gasteiger partial charge in [-0.2, -0.15) is 0 Å². The molecule has 0 spiro atoms. The van der Waals surface area contributed by atoms with Crippen molar-refractivity contribution in [3.8, 4) is 11.5 Å². The Morgan fingerprint density at radius 2 is 1.57 bits per heavy atom. The van der Waals surface area contributed by atoms with E-state index in [4.69, 9.17) is 9.47 Å². The summed E-state index contributed by atoms with van der Waals surface area (Å²) >= 11 is 0. The standard InChI is InChI=1S/C17H19NO3/c1-20-15-10-12-5-6-13(9-14(12)11-16(15)21-2)17(19)18-7-3-4-8-18/h5-6,9-11H,3-4,7-8H2,1-2H3. The van der Waals surface area contributed by atoms with Crippen LogP contribution in [0.1, 0.15) is 23.2 Å². The smallest absolute Gasteiger partial charge is 0.253 e. The van der Waals surface area contributed by atoms with Crippen molar-refractivity contribution >= 4 is 16.7 Å². The van der Waals surface area contributed by atoms with Crippen LogP contribution in [-0.4, -0.2) is 38.1 Å². The van der Waals surface area contributed by atoms with Gasteiger partial charge < -0.3 is 14.4 Å².